The third kappa shape index (κ3) is 4.57. The van der Waals surface area contributed by atoms with Gasteiger partial charge in [0.15, 0.2) is 5.78 Å². The van der Waals surface area contributed by atoms with E-state index in [0.717, 1.165) is 5.75 Å². The molecule has 0 spiro atoms. The lowest BCUT2D eigenvalue weighted by atomic mass is 9.99. The number of ether oxygens (including phenoxy) is 2. The fourth-order valence-corrected chi connectivity index (χ4v) is 2.88. The van der Waals surface area contributed by atoms with Gasteiger partial charge in [-0.15, -0.1) is 0 Å². The summed E-state index contributed by atoms with van der Waals surface area (Å²) in [6, 6.07) is 7.07. The smallest absolute Gasteiger partial charge is 0.223 e. The van der Waals surface area contributed by atoms with Crippen LogP contribution in [-0.4, -0.2) is 48.5 Å². The van der Waals surface area contributed by atoms with Gasteiger partial charge in [0.25, 0.3) is 0 Å². The van der Waals surface area contributed by atoms with Gasteiger partial charge in [-0.25, -0.2) is 0 Å². The molecule has 2 rings (SSSR count). The number of morpholine rings is 1. The Morgan fingerprint density at radius 3 is 2.54 bits per heavy atom. The molecule has 0 aliphatic carbocycles. The van der Waals surface area contributed by atoms with Crippen molar-refractivity contribution >= 4 is 11.7 Å². The zero-order valence-electron chi connectivity index (χ0n) is 15.0. The standard InChI is InChI=1S/C19H27NO4/c1-14-12-20(19(2,3)13-24-14)18(22)7-5-6-17(21)15-8-10-16(23-4)11-9-15/h8-11,14H,5-7,12-13H2,1-4H3. The molecule has 0 radical (unpaired) electrons. The van der Waals surface area contributed by atoms with Gasteiger partial charge in [0, 0.05) is 24.9 Å². The predicted molar refractivity (Wildman–Crippen MR) is 92.4 cm³/mol. The summed E-state index contributed by atoms with van der Waals surface area (Å²) in [4.78, 5) is 26.6. The van der Waals surface area contributed by atoms with Crippen LogP contribution in [0.3, 0.4) is 0 Å². The molecule has 1 aromatic rings. The van der Waals surface area contributed by atoms with E-state index in [1.54, 1.807) is 31.4 Å². The molecule has 1 aliphatic heterocycles. The van der Waals surface area contributed by atoms with Crippen molar-refractivity contribution in [1.82, 2.24) is 4.90 Å². The fourth-order valence-electron chi connectivity index (χ4n) is 2.88. The van der Waals surface area contributed by atoms with Gasteiger partial charge in [-0.1, -0.05) is 0 Å². The molecule has 1 aliphatic rings. The van der Waals surface area contributed by atoms with Crippen molar-refractivity contribution in [3.8, 4) is 5.75 Å². The van der Waals surface area contributed by atoms with E-state index in [-0.39, 0.29) is 23.3 Å². The molecule has 132 valence electrons. The topological polar surface area (TPSA) is 55.8 Å². The molecule has 0 N–H and O–H groups in total. The molecular weight excluding hydrogens is 306 g/mol. The third-order valence-corrected chi connectivity index (χ3v) is 4.40. The maximum absolute atomic E-state index is 12.5. The summed E-state index contributed by atoms with van der Waals surface area (Å²) < 4.78 is 10.7. The van der Waals surface area contributed by atoms with E-state index in [1.807, 2.05) is 25.7 Å². The van der Waals surface area contributed by atoms with E-state index in [4.69, 9.17) is 9.47 Å². The third-order valence-electron chi connectivity index (χ3n) is 4.40. The molecule has 1 saturated heterocycles. The SMILES string of the molecule is COc1ccc(C(=O)CCCC(=O)N2CC(C)OCC2(C)C)cc1. The summed E-state index contributed by atoms with van der Waals surface area (Å²) in [5.41, 5.74) is 0.368. The highest BCUT2D eigenvalue weighted by Gasteiger charge is 2.36. The fraction of sp³-hybridized carbons (Fsp3) is 0.579. The highest BCUT2D eigenvalue weighted by atomic mass is 16.5. The van der Waals surface area contributed by atoms with E-state index < -0.39 is 0 Å². The van der Waals surface area contributed by atoms with Crippen molar-refractivity contribution in [2.24, 2.45) is 0 Å². The minimum atomic E-state index is -0.288. The van der Waals surface area contributed by atoms with Crippen molar-refractivity contribution in [3.05, 3.63) is 29.8 Å². The van der Waals surface area contributed by atoms with Gasteiger partial charge in [0.05, 0.1) is 25.4 Å². The molecule has 0 aromatic heterocycles. The van der Waals surface area contributed by atoms with Crippen LogP contribution in [0.5, 0.6) is 5.75 Å². The minimum absolute atomic E-state index is 0.0556. The van der Waals surface area contributed by atoms with Crippen LogP contribution in [0.25, 0.3) is 0 Å². The number of carbonyl (C=O) groups is 2. The minimum Gasteiger partial charge on any atom is -0.497 e. The Bertz CT molecular complexity index is 580. The number of nitrogens with zero attached hydrogens (tertiary/aromatic N) is 1. The molecule has 5 nitrogen and oxygen atoms in total. The summed E-state index contributed by atoms with van der Waals surface area (Å²) in [6.45, 7) is 7.16. The summed E-state index contributed by atoms with van der Waals surface area (Å²) in [5.74, 6) is 0.878. The molecule has 24 heavy (non-hydrogen) atoms. The Hall–Kier alpha value is -1.88. The van der Waals surface area contributed by atoms with Crippen LogP contribution in [-0.2, 0) is 9.53 Å². The number of rotatable bonds is 6. The summed E-state index contributed by atoms with van der Waals surface area (Å²) in [7, 11) is 1.59. The number of methoxy groups -OCH3 is 1. The number of ketones is 1. The van der Waals surface area contributed by atoms with E-state index in [9.17, 15) is 9.59 Å². The average Bonchev–Trinajstić information content (AvgIpc) is 2.57. The molecule has 1 amide bonds. The molecular formula is C19H27NO4. The molecule has 1 heterocycles. The maximum atomic E-state index is 12.5. The lowest BCUT2D eigenvalue weighted by Gasteiger charge is -2.44. The van der Waals surface area contributed by atoms with Crippen LogP contribution in [0.4, 0.5) is 0 Å². The Morgan fingerprint density at radius 1 is 1.25 bits per heavy atom. The van der Waals surface area contributed by atoms with Crippen molar-refractivity contribution in [2.45, 2.75) is 51.7 Å². The quantitative estimate of drug-likeness (QED) is 0.751. The van der Waals surface area contributed by atoms with Crippen LogP contribution in [0.2, 0.25) is 0 Å². The van der Waals surface area contributed by atoms with Gasteiger partial charge in [-0.2, -0.15) is 0 Å². The van der Waals surface area contributed by atoms with Gasteiger partial charge >= 0.3 is 0 Å². The van der Waals surface area contributed by atoms with E-state index in [0.29, 0.717) is 38.0 Å². The number of hydrogen-bond acceptors (Lipinski definition) is 4. The number of hydrogen-bond donors (Lipinski definition) is 0. The lowest BCUT2D eigenvalue weighted by molar-refractivity contribution is -0.152. The Kier molecular flexibility index (Phi) is 5.99. The van der Waals surface area contributed by atoms with E-state index in [1.165, 1.54) is 0 Å². The second kappa shape index (κ2) is 7.79. The number of carbonyl (C=O) groups excluding carboxylic acids is 2. The van der Waals surface area contributed by atoms with Crippen LogP contribution < -0.4 is 4.74 Å². The maximum Gasteiger partial charge on any atom is 0.223 e. The second-order valence-corrected chi connectivity index (χ2v) is 6.94. The van der Waals surface area contributed by atoms with E-state index in [2.05, 4.69) is 0 Å². The second-order valence-electron chi connectivity index (χ2n) is 6.94. The number of Topliss-reactive ketones (excluding diaryl/α,β-unsaturated/α-hetero) is 1. The van der Waals surface area contributed by atoms with Gasteiger partial charge in [0.2, 0.25) is 5.91 Å². The first-order chi connectivity index (χ1) is 11.3. The summed E-state index contributed by atoms with van der Waals surface area (Å²) >= 11 is 0. The Labute approximate surface area is 143 Å². The number of amides is 1. The molecule has 5 heteroatoms. The Morgan fingerprint density at radius 2 is 1.92 bits per heavy atom. The Balaban J connectivity index is 1.84. The molecule has 0 bridgehead atoms. The van der Waals surface area contributed by atoms with Crippen LogP contribution in [0, 0.1) is 0 Å². The first-order valence-corrected chi connectivity index (χ1v) is 8.43. The molecule has 1 fully saturated rings. The van der Waals surface area contributed by atoms with Crippen molar-refractivity contribution < 1.29 is 19.1 Å². The average molecular weight is 333 g/mol. The van der Waals surface area contributed by atoms with Gasteiger partial charge in [-0.3, -0.25) is 9.59 Å². The predicted octanol–water partition coefficient (Wildman–Crippen LogP) is 3.07. The van der Waals surface area contributed by atoms with Crippen molar-refractivity contribution in [1.29, 1.82) is 0 Å². The molecule has 1 unspecified atom stereocenters. The molecule has 0 saturated carbocycles. The molecule has 1 atom stereocenters. The number of benzene rings is 1. The zero-order chi connectivity index (χ0) is 17.7. The van der Waals surface area contributed by atoms with E-state index >= 15 is 0 Å². The van der Waals surface area contributed by atoms with Crippen LogP contribution >= 0.6 is 0 Å². The highest BCUT2D eigenvalue weighted by molar-refractivity contribution is 5.96. The van der Waals surface area contributed by atoms with Crippen LogP contribution in [0.1, 0.15) is 50.4 Å². The van der Waals surface area contributed by atoms with Crippen molar-refractivity contribution in [2.75, 3.05) is 20.3 Å². The largest absolute Gasteiger partial charge is 0.497 e. The molecule has 1 aromatic carbocycles. The lowest BCUT2D eigenvalue weighted by Crippen LogP contribution is -2.57. The van der Waals surface area contributed by atoms with Gasteiger partial charge < -0.3 is 14.4 Å². The van der Waals surface area contributed by atoms with Gasteiger partial charge in [0.1, 0.15) is 5.75 Å². The summed E-state index contributed by atoms with van der Waals surface area (Å²) in [5, 5.41) is 0. The summed E-state index contributed by atoms with van der Waals surface area (Å²) in [6.07, 6.45) is 1.38. The first-order valence-electron chi connectivity index (χ1n) is 8.43. The monoisotopic (exact) mass is 333 g/mol. The van der Waals surface area contributed by atoms with Crippen LogP contribution in [0.15, 0.2) is 24.3 Å². The highest BCUT2D eigenvalue weighted by Crippen LogP contribution is 2.23. The zero-order valence-corrected chi connectivity index (χ0v) is 15.0. The van der Waals surface area contributed by atoms with Gasteiger partial charge in [-0.05, 0) is 51.5 Å². The normalized spacial score (nSPS) is 19.8. The first kappa shape index (κ1) is 18.5. The van der Waals surface area contributed by atoms with Crippen molar-refractivity contribution in [3.63, 3.8) is 0 Å².